The van der Waals surface area contributed by atoms with Crippen LogP contribution >= 0.6 is 22.9 Å². The molecule has 0 radical (unpaired) electrons. The van der Waals surface area contributed by atoms with E-state index in [9.17, 15) is 0 Å². The van der Waals surface area contributed by atoms with E-state index >= 15 is 0 Å². The predicted molar refractivity (Wildman–Crippen MR) is 72.5 cm³/mol. The van der Waals surface area contributed by atoms with Crippen LogP contribution in [0, 0.1) is 18.3 Å². The van der Waals surface area contributed by atoms with Gasteiger partial charge in [-0.2, -0.15) is 5.26 Å². The topological polar surface area (TPSA) is 35.8 Å². The average molecular weight is 263 g/mol. The molecule has 0 bridgehead atoms. The zero-order valence-corrected chi connectivity index (χ0v) is 10.9. The third-order valence-electron chi connectivity index (χ3n) is 2.42. The van der Waals surface area contributed by atoms with E-state index < -0.39 is 0 Å². The van der Waals surface area contributed by atoms with Gasteiger partial charge < -0.3 is 5.32 Å². The first-order valence-electron chi connectivity index (χ1n) is 5.16. The first-order chi connectivity index (χ1) is 8.19. The Kier molecular flexibility index (Phi) is 3.68. The number of hydrogen-bond acceptors (Lipinski definition) is 3. The number of halogens is 1. The monoisotopic (exact) mass is 262 g/mol. The van der Waals surface area contributed by atoms with Crippen molar-refractivity contribution < 1.29 is 0 Å². The fourth-order valence-corrected chi connectivity index (χ4v) is 2.52. The summed E-state index contributed by atoms with van der Waals surface area (Å²) in [6, 6.07) is 9.80. The van der Waals surface area contributed by atoms with Gasteiger partial charge in [-0.05, 0) is 36.8 Å². The molecule has 1 aromatic carbocycles. The van der Waals surface area contributed by atoms with E-state index in [0.717, 1.165) is 33.3 Å². The van der Waals surface area contributed by atoms with Crippen molar-refractivity contribution >= 4 is 28.6 Å². The van der Waals surface area contributed by atoms with Crippen LogP contribution in [0.2, 0.25) is 5.02 Å². The Labute approximate surface area is 109 Å². The largest absolute Gasteiger partial charge is 0.380 e. The second-order valence-electron chi connectivity index (χ2n) is 3.73. The summed E-state index contributed by atoms with van der Waals surface area (Å²) in [4.78, 5) is 1.15. The minimum atomic E-state index is 0.722. The summed E-state index contributed by atoms with van der Waals surface area (Å²) in [5.41, 5.74) is 2.91. The molecule has 2 rings (SSSR count). The molecule has 0 fully saturated rings. The van der Waals surface area contributed by atoms with Gasteiger partial charge in [0.25, 0.3) is 0 Å². The maximum atomic E-state index is 8.73. The van der Waals surface area contributed by atoms with Crippen molar-refractivity contribution in [1.29, 1.82) is 5.26 Å². The van der Waals surface area contributed by atoms with E-state index in [-0.39, 0.29) is 0 Å². The first kappa shape index (κ1) is 12.0. The van der Waals surface area contributed by atoms with E-state index in [1.54, 1.807) is 11.3 Å². The van der Waals surface area contributed by atoms with Gasteiger partial charge >= 0.3 is 0 Å². The summed E-state index contributed by atoms with van der Waals surface area (Å²) in [7, 11) is 0. The Bertz CT molecular complexity index is 569. The number of hydrogen-bond donors (Lipinski definition) is 1. The summed E-state index contributed by atoms with van der Waals surface area (Å²) in [5, 5.41) is 14.7. The van der Waals surface area contributed by atoms with Crippen LogP contribution in [0.5, 0.6) is 0 Å². The standard InChI is InChI=1S/C13H11ClN2S/c1-9-4-11(14)2-3-13(9)16-7-12-5-10(6-15)8-17-12/h2-5,8,16H,7H2,1H3. The molecule has 1 N–H and O–H groups in total. The molecule has 0 saturated heterocycles. The van der Waals surface area contributed by atoms with Crippen LogP contribution < -0.4 is 5.32 Å². The highest BCUT2D eigenvalue weighted by Crippen LogP contribution is 2.21. The van der Waals surface area contributed by atoms with Crippen molar-refractivity contribution in [3.05, 3.63) is 50.7 Å². The quantitative estimate of drug-likeness (QED) is 0.900. The molecule has 0 unspecified atom stereocenters. The summed E-state index contributed by atoms with van der Waals surface area (Å²) < 4.78 is 0. The molecule has 0 aliphatic rings. The number of thiophene rings is 1. The van der Waals surface area contributed by atoms with Crippen molar-refractivity contribution in [2.75, 3.05) is 5.32 Å². The fraction of sp³-hybridized carbons (Fsp3) is 0.154. The number of aryl methyl sites for hydroxylation is 1. The SMILES string of the molecule is Cc1cc(Cl)ccc1NCc1cc(C#N)cs1. The van der Waals surface area contributed by atoms with Gasteiger partial charge in [-0.1, -0.05) is 11.6 Å². The van der Waals surface area contributed by atoms with E-state index in [0.29, 0.717) is 0 Å². The minimum absolute atomic E-state index is 0.722. The van der Waals surface area contributed by atoms with Gasteiger partial charge in [0.05, 0.1) is 5.56 Å². The zero-order valence-electron chi connectivity index (χ0n) is 9.33. The molecule has 86 valence electrons. The van der Waals surface area contributed by atoms with Crippen LogP contribution in [0.1, 0.15) is 16.0 Å². The Hall–Kier alpha value is -1.50. The van der Waals surface area contributed by atoms with E-state index in [4.69, 9.17) is 16.9 Å². The summed E-state index contributed by atoms with van der Waals surface area (Å²) in [6.45, 7) is 2.75. The van der Waals surface area contributed by atoms with E-state index in [1.165, 1.54) is 0 Å². The molecular formula is C13H11ClN2S. The lowest BCUT2D eigenvalue weighted by Crippen LogP contribution is -1.99. The van der Waals surface area contributed by atoms with Gasteiger partial charge in [0.15, 0.2) is 0 Å². The number of rotatable bonds is 3. The Morgan fingerprint density at radius 1 is 1.41 bits per heavy atom. The molecule has 1 heterocycles. The maximum Gasteiger partial charge on any atom is 0.100 e. The molecule has 0 spiro atoms. The van der Waals surface area contributed by atoms with Crippen molar-refractivity contribution in [2.45, 2.75) is 13.5 Å². The molecule has 0 aliphatic heterocycles. The molecule has 0 saturated carbocycles. The lowest BCUT2D eigenvalue weighted by atomic mass is 10.2. The van der Waals surface area contributed by atoms with Gasteiger partial charge in [-0.3, -0.25) is 0 Å². The summed E-state index contributed by atoms with van der Waals surface area (Å²) in [6.07, 6.45) is 0. The van der Waals surface area contributed by atoms with E-state index in [1.807, 2.05) is 36.6 Å². The lowest BCUT2D eigenvalue weighted by molar-refractivity contribution is 1.18. The second-order valence-corrected chi connectivity index (χ2v) is 5.16. The van der Waals surface area contributed by atoms with Crippen LogP contribution in [-0.2, 0) is 6.54 Å². The normalized spacial score (nSPS) is 9.94. The molecule has 4 heteroatoms. The van der Waals surface area contributed by atoms with Crippen LogP contribution in [0.25, 0.3) is 0 Å². The van der Waals surface area contributed by atoms with Gasteiger partial charge in [0.1, 0.15) is 6.07 Å². The molecule has 1 aromatic heterocycles. The van der Waals surface area contributed by atoms with Crippen LogP contribution in [0.4, 0.5) is 5.69 Å². The van der Waals surface area contributed by atoms with Crippen molar-refractivity contribution in [3.8, 4) is 6.07 Å². The average Bonchev–Trinajstić information content (AvgIpc) is 2.76. The third-order valence-corrected chi connectivity index (χ3v) is 3.60. The van der Waals surface area contributed by atoms with Gasteiger partial charge in [-0.25, -0.2) is 0 Å². The minimum Gasteiger partial charge on any atom is -0.380 e. The lowest BCUT2D eigenvalue weighted by Gasteiger charge is -2.08. The molecule has 0 amide bonds. The summed E-state index contributed by atoms with van der Waals surface area (Å²) >= 11 is 7.49. The number of nitrogens with one attached hydrogen (secondary N) is 1. The highest BCUT2D eigenvalue weighted by atomic mass is 35.5. The fourth-order valence-electron chi connectivity index (χ4n) is 1.54. The number of nitriles is 1. The van der Waals surface area contributed by atoms with Crippen molar-refractivity contribution in [3.63, 3.8) is 0 Å². The molecule has 0 aliphatic carbocycles. The molecule has 0 atom stereocenters. The smallest absolute Gasteiger partial charge is 0.100 e. The number of benzene rings is 1. The van der Waals surface area contributed by atoms with Crippen molar-refractivity contribution in [1.82, 2.24) is 0 Å². The summed E-state index contributed by atoms with van der Waals surface area (Å²) in [5.74, 6) is 0. The highest BCUT2D eigenvalue weighted by molar-refractivity contribution is 7.10. The Morgan fingerprint density at radius 3 is 2.88 bits per heavy atom. The molecule has 2 aromatic rings. The Morgan fingerprint density at radius 2 is 2.24 bits per heavy atom. The highest BCUT2D eigenvalue weighted by Gasteiger charge is 2.01. The maximum absolute atomic E-state index is 8.73. The van der Waals surface area contributed by atoms with Crippen LogP contribution in [0.3, 0.4) is 0 Å². The van der Waals surface area contributed by atoms with Gasteiger partial charge in [0, 0.05) is 27.5 Å². The van der Waals surface area contributed by atoms with Crippen molar-refractivity contribution in [2.24, 2.45) is 0 Å². The molecular weight excluding hydrogens is 252 g/mol. The number of anilines is 1. The Balaban J connectivity index is 2.05. The van der Waals surface area contributed by atoms with Crippen LogP contribution in [-0.4, -0.2) is 0 Å². The molecule has 2 nitrogen and oxygen atoms in total. The third kappa shape index (κ3) is 3.00. The van der Waals surface area contributed by atoms with Gasteiger partial charge in [0.2, 0.25) is 0 Å². The van der Waals surface area contributed by atoms with Crippen LogP contribution in [0.15, 0.2) is 29.6 Å². The molecule has 17 heavy (non-hydrogen) atoms. The van der Waals surface area contributed by atoms with E-state index in [2.05, 4.69) is 11.4 Å². The second kappa shape index (κ2) is 5.22. The first-order valence-corrected chi connectivity index (χ1v) is 6.42. The zero-order chi connectivity index (χ0) is 12.3. The predicted octanol–water partition coefficient (Wildman–Crippen LogP) is 4.19. The van der Waals surface area contributed by atoms with Gasteiger partial charge in [-0.15, -0.1) is 11.3 Å². The number of nitrogens with zero attached hydrogens (tertiary/aromatic N) is 1.